The van der Waals surface area contributed by atoms with Gasteiger partial charge < -0.3 is 5.32 Å². The Morgan fingerprint density at radius 2 is 1.95 bits per heavy atom. The summed E-state index contributed by atoms with van der Waals surface area (Å²) in [6.45, 7) is 1.55. The van der Waals surface area contributed by atoms with Crippen LogP contribution in [-0.4, -0.2) is 10.9 Å². The summed E-state index contributed by atoms with van der Waals surface area (Å²) >= 11 is 0. The van der Waals surface area contributed by atoms with E-state index in [2.05, 4.69) is 10.3 Å². The molecule has 2 aromatic rings. The van der Waals surface area contributed by atoms with Gasteiger partial charge in [0.1, 0.15) is 11.6 Å². The third-order valence-electron chi connectivity index (χ3n) is 2.77. The highest BCUT2D eigenvalue weighted by Gasteiger charge is 2.15. The number of hydrogen-bond donors (Lipinski definition) is 1. The molecule has 1 aromatic carbocycles. The summed E-state index contributed by atoms with van der Waals surface area (Å²) in [5.41, 5.74) is 0.223. The van der Waals surface area contributed by atoms with E-state index in [1.807, 2.05) is 0 Å². The Hall–Kier alpha value is -2.37. The lowest BCUT2D eigenvalue weighted by Gasteiger charge is -2.15. The van der Waals surface area contributed by atoms with Gasteiger partial charge in [-0.2, -0.15) is 4.39 Å². The summed E-state index contributed by atoms with van der Waals surface area (Å²) in [4.78, 5) is 15.2. The predicted octanol–water partition coefficient (Wildman–Crippen LogP) is 2.99. The predicted molar refractivity (Wildman–Crippen MR) is 66.4 cm³/mol. The van der Waals surface area contributed by atoms with Crippen LogP contribution in [0.1, 0.15) is 28.9 Å². The molecule has 1 N–H and O–H groups in total. The van der Waals surface area contributed by atoms with Gasteiger partial charge in [-0.15, -0.1) is 0 Å². The van der Waals surface area contributed by atoms with E-state index in [4.69, 9.17) is 0 Å². The second-order valence-electron chi connectivity index (χ2n) is 4.23. The largest absolute Gasteiger partial charge is 0.345 e. The number of pyridine rings is 1. The lowest BCUT2D eigenvalue weighted by atomic mass is 10.1. The number of nitrogens with one attached hydrogen (secondary N) is 1. The minimum atomic E-state index is -0.779. The molecular weight excluding hydrogens is 269 g/mol. The fourth-order valence-corrected chi connectivity index (χ4v) is 1.75. The number of hydrogen-bond acceptors (Lipinski definition) is 2. The Labute approximate surface area is 113 Å². The van der Waals surface area contributed by atoms with Crippen LogP contribution in [0, 0.1) is 17.6 Å². The van der Waals surface area contributed by atoms with Crippen molar-refractivity contribution in [3.05, 3.63) is 65.2 Å². The highest BCUT2D eigenvalue weighted by molar-refractivity contribution is 5.94. The van der Waals surface area contributed by atoms with Gasteiger partial charge in [-0.1, -0.05) is 6.07 Å². The number of carbonyl (C=O) groups is 1. The molecule has 0 aliphatic heterocycles. The van der Waals surface area contributed by atoms with E-state index in [1.165, 1.54) is 12.1 Å². The zero-order valence-electron chi connectivity index (χ0n) is 10.5. The maximum Gasteiger partial charge on any atom is 0.251 e. The lowest BCUT2D eigenvalue weighted by molar-refractivity contribution is 0.0938. The van der Waals surface area contributed by atoms with Gasteiger partial charge in [0.25, 0.3) is 5.91 Å². The van der Waals surface area contributed by atoms with Crippen molar-refractivity contribution in [1.82, 2.24) is 10.3 Å². The maximum absolute atomic E-state index is 13.6. The molecule has 0 saturated carbocycles. The maximum atomic E-state index is 13.6. The Morgan fingerprint density at radius 1 is 1.20 bits per heavy atom. The lowest BCUT2D eigenvalue weighted by Crippen LogP contribution is -2.27. The first kappa shape index (κ1) is 14.0. The van der Waals surface area contributed by atoms with Crippen molar-refractivity contribution in [2.24, 2.45) is 0 Å². The van der Waals surface area contributed by atoms with Gasteiger partial charge in [0, 0.05) is 29.5 Å². The molecular formula is C14H11F3N2O. The summed E-state index contributed by atoms with van der Waals surface area (Å²) in [5.74, 6) is -2.79. The molecule has 0 bridgehead atoms. The summed E-state index contributed by atoms with van der Waals surface area (Å²) in [5, 5.41) is 2.50. The Kier molecular flexibility index (Phi) is 4.02. The van der Waals surface area contributed by atoms with E-state index in [9.17, 15) is 18.0 Å². The molecule has 6 heteroatoms. The average molecular weight is 280 g/mol. The van der Waals surface area contributed by atoms with Crippen molar-refractivity contribution >= 4 is 5.91 Å². The number of nitrogens with zero attached hydrogens (tertiary/aromatic N) is 1. The zero-order chi connectivity index (χ0) is 14.7. The van der Waals surface area contributed by atoms with Crippen molar-refractivity contribution in [1.29, 1.82) is 0 Å². The molecule has 20 heavy (non-hydrogen) atoms. The fraction of sp³-hybridized carbons (Fsp3) is 0.143. The Bertz CT molecular complexity index is 646. The first-order chi connectivity index (χ1) is 9.47. The Morgan fingerprint density at radius 3 is 2.60 bits per heavy atom. The van der Waals surface area contributed by atoms with E-state index in [-0.39, 0.29) is 11.1 Å². The molecule has 2 rings (SSSR count). The summed E-state index contributed by atoms with van der Waals surface area (Å²) in [6.07, 6.45) is 1.16. The van der Waals surface area contributed by atoms with Crippen molar-refractivity contribution in [2.75, 3.05) is 0 Å². The van der Waals surface area contributed by atoms with Crippen LogP contribution in [0.15, 0.2) is 36.5 Å². The molecule has 1 amide bonds. The standard InChI is InChI=1S/C14H11F3N2O/c1-8(11-3-2-10(15)7-12(11)16)19-14(20)9-4-5-18-13(17)6-9/h2-8H,1H3,(H,19,20). The van der Waals surface area contributed by atoms with Crippen LogP contribution in [0.2, 0.25) is 0 Å². The van der Waals surface area contributed by atoms with Crippen LogP contribution in [0.5, 0.6) is 0 Å². The first-order valence-corrected chi connectivity index (χ1v) is 5.84. The molecule has 0 radical (unpaired) electrons. The number of benzene rings is 1. The second kappa shape index (κ2) is 5.73. The SMILES string of the molecule is CC(NC(=O)c1ccnc(F)c1)c1ccc(F)cc1F. The summed E-state index contributed by atoms with van der Waals surface area (Å²) < 4.78 is 39.3. The highest BCUT2D eigenvalue weighted by Crippen LogP contribution is 2.18. The molecule has 104 valence electrons. The normalized spacial score (nSPS) is 12.0. The molecule has 0 fully saturated rings. The molecule has 1 unspecified atom stereocenters. The molecule has 1 aromatic heterocycles. The smallest absolute Gasteiger partial charge is 0.251 e. The minimum absolute atomic E-state index is 0.0758. The highest BCUT2D eigenvalue weighted by atomic mass is 19.1. The summed E-state index contributed by atoms with van der Waals surface area (Å²) in [6, 6.07) is 4.73. The molecule has 0 saturated heterocycles. The van der Waals surface area contributed by atoms with Crippen molar-refractivity contribution in [2.45, 2.75) is 13.0 Å². The van der Waals surface area contributed by atoms with E-state index < -0.39 is 29.5 Å². The van der Waals surface area contributed by atoms with E-state index in [1.54, 1.807) is 6.92 Å². The zero-order valence-corrected chi connectivity index (χ0v) is 10.5. The van der Waals surface area contributed by atoms with Crippen LogP contribution < -0.4 is 5.32 Å². The van der Waals surface area contributed by atoms with Crippen LogP contribution in [0.25, 0.3) is 0 Å². The number of aromatic nitrogens is 1. The van der Waals surface area contributed by atoms with Crippen molar-refractivity contribution in [3.63, 3.8) is 0 Å². The van der Waals surface area contributed by atoms with E-state index >= 15 is 0 Å². The van der Waals surface area contributed by atoms with Gasteiger partial charge in [-0.05, 0) is 19.1 Å². The van der Waals surface area contributed by atoms with Crippen LogP contribution in [0.4, 0.5) is 13.2 Å². The monoisotopic (exact) mass is 280 g/mol. The van der Waals surface area contributed by atoms with E-state index in [0.29, 0.717) is 0 Å². The van der Waals surface area contributed by atoms with Crippen LogP contribution in [0.3, 0.4) is 0 Å². The average Bonchev–Trinajstić information content (AvgIpc) is 2.38. The summed E-state index contributed by atoms with van der Waals surface area (Å²) in [7, 11) is 0. The minimum Gasteiger partial charge on any atom is -0.345 e. The van der Waals surface area contributed by atoms with Gasteiger partial charge in [0.05, 0.1) is 6.04 Å². The third kappa shape index (κ3) is 3.14. The first-order valence-electron chi connectivity index (χ1n) is 5.84. The number of amides is 1. The number of halogens is 3. The van der Waals surface area contributed by atoms with Gasteiger partial charge in [-0.3, -0.25) is 4.79 Å². The molecule has 1 atom stereocenters. The van der Waals surface area contributed by atoms with Crippen molar-refractivity contribution in [3.8, 4) is 0 Å². The van der Waals surface area contributed by atoms with E-state index in [0.717, 1.165) is 24.4 Å². The number of carbonyl (C=O) groups excluding carboxylic acids is 1. The molecule has 0 spiro atoms. The van der Waals surface area contributed by atoms with Gasteiger partial charge in [-0.25, -0.2) is 13.8 Å². The second-order valence-corrected chi connectivity index (χ2v) is 4.23. The number of rotatable bonds is 3. The molecule has 3 nitrogen and oxygen atoms in total. The topological polar surface area (TPSA) is 42.0 Å². The van der Waals surface area contributed by atoms with Crippen molar-refractivity contribution < 1.29 is 18.0 Å². The molecule has 0 aliphatic rings. The molecule has 0 aliphatic carbocycles. The van der Waals surface area contributed by atoms with Crippen LogP contribution >= 0.6 is 0 Å². The van der Waals surface area contributed by atoms with Gasteiger partial charge >= 0.3 is 0 Å². The fourth-order valence-electron chi connectivity index (χ4n) is 1.75. The van der Waals surface area contributed by atoms with Gasteiger partial charge in [0.2, 0.25) is 5.95 Å². The third-order valence-corrected chi connectivity index (χ3v) is 2.77. The quantitative estimate of drug-likeness (QED) is 0.878. The van der Waals surface area contributed by atoms with Gasteiger partial charge in [0.15, 0.2) is 0 Å². The Balaban J connectivity index is 2.15. The molecule has 1 heterocycles. The van der Waals surface area contributed by atoms with Crippen LogP contribution in [-0.2, 0) is 0 Å².